The summed E-state index contributed by atoms with van der Waals surface area (Å²) in [5.74, 6) is 0.964. The Kier molecular flexibility index (Phi) is 4.77. The van der Waals surface area contributed by atoms with E-state index in [0.29, 0.717) is 6.04 Å². The van der Waals surface area contributed by atoms with Gasteiger partial charge in [-0.3, -0.25) is 4.90 Å². The van der Waals surface area contributed by atoms with Gasteiger partial charge in [-0.1, -0.05) is 12.1 Å². The summed E-state index contributed by atoms with van der Waals surface area (Å²) >= 11 is 0. The maximum absolute atomic E-state index is 5.23. The molecule has 1 saturated heterocycles. The van der Waals surface area contributed by atoms with Crippen LogP contribution < -0.4 is 5.32 Å². The van der Waals surface area contributed by atoms with Crippen LogP contribution in [0, 0.1) is 6.92 Å². The summed E-state index contributed by atoms with van der Waals surface area (Å²) in [7, 11) is 2.16. The minimum absolute atomic E-state index is 0. The summed E-state index contributed by atoms with van der Waals surface area (Å²) in [4.78, 5) is 2.37. The van der Waals surface area contributed by atoms with E-state index >= 15 is 0 Å². The third-order valence-corrected chi connectivity index (χ3v) is 3.19. The van der Waals surface area contributed by atoms with Crippen molar-refractivity contribution in [3.8, 4) is 0 Å². The molecule has 0 aromatic carbocycles. The number of rotatable bonds is 4. The predicted molar refractivity (Wildman–Crippen MR) is 66.0 cm³/mol. The highest BCUT2D eigenvalue weighted by atomic mass is 35.5. The molecule has 0 amide bonds. The topological polar surface area (TPSA) is 41.3 Å². The Morgan fingerprint density at radius 3 is 2.69 bits per heavy atom. The molecule has 1 N–H and O–H groups in total. The fourth-order valence-corrected chi connectivity index (χ4v) is 1.88. The van der Waals surface area contributed by atoms with Crippen molar-refractivity contribution >= 4 is 12.4 Å². The molecule has 2 rings (SSSR count). The zero-order valence-electron chi connectivity index (χ0n) is 10.1. The lowest BCUT2D eigenvalue weighted by Gasteiger charge is -2.35. The molecule has 0 unspecified atom stereocenters. The van der Waals surface area contributed by atoms with E-state index in [1.54, 1.807) is 0 Å². The van der Waals surface area contributed by atoms with Crippen molar-refractivity contribution in [3.63, 3.8) is 0 Å². The number of aromatic nitrogens is 1. The van der Waals surface area contributed by atoms with Gasteiger partial charge in [0.15, 0.2) is 0 Å². The fraction of sp³-hybridized carbons (Fsp3) is 0.727. The monoisotopic (exact) mass is 245 g/mol. The maximum Gasteiger partial charge on any atom is 0.138 e. The SMILES string of the molecule is CCc1noc(C)c1CN(C)C1CNC1.Cl. The van der Waals surface area contributed by atoms with Gasteiger partial charge in [-0.05, 0) is 20.4 Å². The predicted octanol–water partition coefficient (Wildman–Crippen LogP) is 1.37. The Labute approximate surface area is 103 Å². The maximum atomic E-state index is 5.23. The van der Waals surface area contributed by atoms with Crippen molar-refractivity contribution in [2.75, 3.05) is 20.1 Å². The first kappa shape index (κ1) is 13.5. The first-order valence-corrected chi connectivity index (χ1v) is 5.57. The highest BCUT2D eigenvalue weighted by Crippen LogP contribution is 2.17. The highest BCUT2D eigenvalue weighted by Gasteiger charge is 2.23. The van der Waals surface area contributed by atoms with E-state index in [-0.39, 0.29) is 12.4 Å². The lowest BCUT2D eigenvalue weighted by molar-refractivity contribution is 0.172. The lowest BCUT2D eigenvalue weighted by atomic mass is 10.1. The molecule has 0 saturated carbocycles. The van der Waals surface area contributed by atoms with E-state index in [4.69, 9.17) is 4.52 Å². The molecule has 5 heteroatoms. The van der Waals surface area contributed by atoms with Crippen LogP contribution in [0.3, 0.4) is 0 Å². The van der Waals surface area contributed by atoms with Crippen LogP contribution in [-0.4, -0.2) is 36.2 Å². The largest absolute Gasteiger partial charge is 0.361 e. The highest BCUT2D eigenvalue weighted by molar-refractivity contribution is 5.85. The van der Waals surface area contributed by atoms with E-state index in [2.05, 4.69) is 29.3 Å². The number of halogens is 1. The van der Waals surface area contributed by atoms with E-state index in [9.17, 15) is 0 Å². The van der Waals surface area contributed by atoms with Gasteiger partial charge in [0.1, 0.15) is 5.76 Å². The van der Waals surface area contributed by atoms with E-state index < -0.39 is 0 Å². The van der Waals surface area contributed by atoms with Gasteiger partial charge in [-0.15, -0.1) is 12.4 Å². The standard InChI is InChI=1S/C11H19N3O.ClH/c1-4-11-10(8(2)15-13-11)7-14(3)9-5-12-6-9;/h9,12H,4-7H2,1-3H3;1H. The molecule has 4 nitrogen and oxygen atoms in total. The first-order valence-electron chi connectivity index (χ1n) is 5.57. The zero-order chi connectivity index (χ0) is 10.8. The van der Waals surface area contributed by atoms with Gasteiger partial charge in [0.25, 0.3) is 0 Å². The van der Waals surface area contributed by atoms with E-state index in [0.717, 1.165) is 37.5 Å². The molecule has 1 aliphatic rings. The van der Waals surface area contributed by atoms with Gasteiger partial charge in [0.2, 0.25) is 0 Å². The lowest BCUT2D eigenvalue weighted by Crippen LogP contribution is -2.55. The van der Waals surface area contributed by atoms with Crippen LogP contribution in [0.25, 0.3) is 0 Å². The molecule has 16 heavy (non-hydrogen) atoms. The van der Waals surface area contributed by atoms with Crippen molar-refractivity contribution in [3.05, 3.63) is 17.0 Å². The van der Waals surface area contributed by atoms with Crippen LogP contribution in [0.4, 0.5) is 0 Å². The van der Waals surface area contributed by atoms with E-state index in [1.165, 1.54) is 5.56 Å². The van der Waals surface area contributed by atoms with Crippen LogP contribution in [0.1, 0.15) is 23.9 Å². The second-order valence-corrected chi connectivity index (χ2v) is 4.24. The Morgan fingerprint density at radius 2 is 2.19 bits per heavy atom. The number of aryl methyl sites for hydroxylation is 2. The molecular formula is C11H20ClN3O. The van der Waals surface area contributed by atoms with Crippen LogP contribution in [0.15, 0.2) is 4.52 Å². The van der Waals surface area contributed by atoms with Gasteiger partial charge in [0.05, 0.1) is 5.69 Å². The fourth-order valence-electron chi connectivity index (χ4n) is 1.88. The summed E-state index contributed by atoms with van der Waals surface area (Å²) in [5.41, 5.74) is 2.37. The molecule has 1 aromatic heterocycles. The molecule has 0 aliphatic carbocycles. The van der Waals surface area contributed by atoms with Crippen LogP contribution >= 0.6 is 12.4 Å². The average molecular weight is 246 g/mol. The molecule has 0 atom stereocenters. The van der Waals surface area contributed by atoms with Crippen LogP contribution in [0.2, 0.25) is 0 Å². The second kappa shape index (κ2) is 5.66. The number of hydrogen-bond acceptors (Lipinski definition) is 4. The molecule has 1 aliphatic heterocycles. The first-order chi connectivity index (χ1) is 7.22. The third-order valence-electron chi connectivity index (χ3n) is 3.19. The van der Waals surface area contributed by atoms with Gasteiger partial charge in [-0.25, -0.2) is 0 Å². The van der Waals surface area contributed by atoms with Crippen LogP contribution in [0.5, 0.6) is 0 Å². The summed E-state index contributed by atoms with van der Waals surface area (Å²) in [6.07, 6.45) is 0.948. The molecular weight excluding hydrogens is 226 g/mol. The molecule has 0 radical (unpaired) electrons. The Morgan fingerprint density at radius 1 is 1.50 bits per heavy atom. The summed E-state index contributed by atoms with van der Waals surface area (Å²) in [5, 5.41) is 7.36. The summed E-state index contributed by atoms with van der Waals surface area (Å²) in [6.45, 7) is 7.26. The Hall–Kier alpha value is -0.580. The van der Waals surface area contributed by atoms with Crippen molar-refractivity contribution in [1.82, 2.24) is 15.4 Å². The molecule has 0 bridgehead atoms. The van der Waals surface area contributed by atoms with Gasteiger partial charge >= 0.3 is 0 Å². The molecule has 1 fully saturated rings. The molecule has 0 spiro atoms. The number of hydrogen-bond donors (Lipinski definition) is 1. The van der Waals surface area contributed by atoms with Crippen molar-refractivity contribution < 1.29 is 4.52 Å². The van der Waals surface area contributed by atoms with Crippen molar-refractivity contribution in [2.45, 2.75) is 32.9 Å². The number of likely N-dealkylation sites (N-methyl/N-ethyl adjacent to an activating group) is 1. The smallest absolute Gasteiger partial charge is 0.138 e. The second-order valence-electron chi connectivity index (χ2n) is 4.24. The Balaban J connectivity index is 0.00000128. The number of nitrogens with zero attached hydrogens (tertiary/aromatic N) is 2. The zero-order valence-corrected chi connectivity index (χ0v) is 10.9. The molecule has 92 valence electrons. The normalized spacial score (nSPS) is 16.0. The number of nitrogens with one attached hydrogen (secondary N) is 1. The van der Waals surface area contributed by atoms with Crippen LogP contribution in [-0.2, 0) is 13.0 Å². The van der Waals surface area contributed by atoms with Gasteiger partial charge in [-0.2, -0.15) is 0 Å². The van der Waals surface area contributed by atoms with Gasteiger partial charge < -0.3 is 9.84 Å². The minimum atomic E-state index is 0. The summed E-state index contributed by atoms with van der Waals surface area (Å²) < 4.78 is 5.23. The van der Waals surface area contributed by atoms with Crippen molar-refractivity contribution in [1.29, 1.82) is 0 Å². The quantitative estimate of drug-likeness (QED) is 0.870. The third kappa shape index (κ3) is 2.56. The average Bonchev–Trinajstić information content (AvgIpc) is 2.45. The minimum Gasteiger partial charge on any atom is -0.361 e. The molecule has 1 aromatic rings. The van der Waals surface area contributed by atoms with E-state index in [1.807, 2.05) is 6.92 Å². The Bertz CT molecular complexity index is 336. The van der Waals surface area contributed by atoms with Gasteiger partial charge in [0, 0.05) is 31.2 Å². The summed E-state index contributed by atoms with van der Waals surface area (Å²) in [6, 6.07) is 0.670. The van der Waals surface area contributed by atoms with Crippen molar-refractivity contribution in [2.24, 2.45) is 0 Å². The molecule has 2 heterocycles.